The van der Waals surface area contributed by atoms with Crippen LogP contribution in [0.5, 0.6) is 0 Å². The first kappa shape index (κ1) is 10.0. The monoisotopic (exact) mass is 170 g/mol. The zero-order valence-corrected chi connectivity index (χ0v) is 5.50. The second-order valence-corrected chi connectivity index (χ2v) is 1.01. The number of carboxylic acid groups (broad SMARTS) is 1. The summed E-state index contributed by atoms with van der Waals surface area (Å²) in [6, 6.07) is 0. The van der Waals surface area contributed by atoms with E-state index in [1.165, 1.54) is 6.92 Å². The number of hydrogen-bond donors (Lipinski definition) is 2. The number of aliphatic hydroxyl groups excluding tert-OH is 1. The molecular weight excluding hydrogens is 164 g/mol. The van der Waals surface area contributed by atoms with E-state index in [0.29, 0.717) is 0 Å². The van der Waals surface area contributed by atoms with E-state index < -0.39 is 12.1 Å². The van der Waals surface area contributed by atoms with E-state index in [-0.39, 0.29) is 17.0 Å². The summed E-state index contributed by atoms with van der Waals surface area (Å²) in [5.41, 5.74) is 0. The second kappa shape index (κ2) is 4.08. The molecule has 0 aliphatic rings. The first-order valence-corrected chi connectivity index (χ1v) is 1.55. The van der Waals surface area contributed by atoms with E-state index in [1.54, 1.807) is 0 Å². The Hall–Kier alpha value is -0.0900. The van der Waals surface area contributed by atoms with Crippen LogP contribution in [0.3, 0.4) is 0 Å². The Labute approximate surface area is 51.7 Å². The lowest BCUT2D eigenvalue weighted by molar-refractivity contribution is -0.145. The standard InChI is InChI=1S/C3H6O3.BrH/c1-2(4)3(5)6;/h2,4H,1H3,(H,5,6);1H. The normalized spacial score (nSPS) is 11.7. The number of aliphatic carboxylic acids is 1. The van der Waals surface area contributed by atoms with Crippen LogP contribution in [0.15, 0.2) is 0 Å². The highest BCUT2D eigenvalue weighted by Gasteiger charge is 2.01. The van der Waals surface area contributed by atoms with Crippen molar-refractivity contribution in [2.24, 2.45) is 0 Å². The minimum absolute atomic E-state index is 0. The second-order valence-electron chi connectivity index (χ2n) is 1.01. The van der Waals surface area contributed by atoms with E-state index in [4.69, 9.17) is 10.2 Å². The topological polar surface area (TPSA) is 57.5 Å². The third kappa shape index (κ3) is 5.91. The molecule has 0 fully saturated rings. The molecule has 1 atom stereocenters. The summed E-state index contributed by atoms with van der Waals surface area (Å²) >= 11 is 0. The Morgan fingerprint density at radius 1 is 1.71 bits per heavy atom. The quantitative estimate of drug-likeness (QED) is 0.585. The van der Waals surface area contributed by atoms with Gasteiger partial charge in [-0.1, -0.05) is 0 Å². The molecule has 7 heavy (non-hydrogen) atoms. The maximum absolute atomic E-state index is 9.45. The predicted molar refractivity (Wildman–Crippen MR) is 29.6 cm³/mol. The first-order chi connectivity index (χ1) is 2.64. The van der Waals surface area contributed by atoms with Gasteiger partial charge in [-0.2, -0.15) is 0 Å². The Morgan fingerprint density at radius 2 is 1.86 bits per heavy atom. The summed E-state index contributed by atoms with van der Waals surface area (Å²) in [7, 11) is 0. The van der Waals surface area contributed by atoms with Crippen LogP contribution in [0, 0.1) is 0 Å². The van der Waals surface area contributed by atoms with Crippen LogP contribution in [0.1, 0.15) is 6.92 Å². The SMILES string of the molecule is Br.CC(O)C(=O)O. The minimum Gasteiger partial charge on any atom is -0.479 e. The van der Waals surface area contributed by atoms with Crippen molar-refractivity contribution >= 4 is 23.0 Å². The molecule has 0 saturated carbocycles. The Morgan fingerprint density at radius 3 is 1.86 bits per heavy atom. The third-order valence-corrected chi connectivity index (χ3v) is 0.357. The molecule has 0 aromatic heterocycles. The maximum atomic E-state index is 9.45. The number of carboxylic acids is 1. The smallest absolute Gasteiger partial charge is 0.332 e. The molecule has 0 aromatic carbocycles. The van der Waals surface area contributed by atoms with Gasteiger partial charge >= 0.3 is 5.97 Å². The number of hydrogen-bond acceptors (Lipinski definition) is 2. The molecule has 1 unspecified atom stereocenters. The fourth-order valence-electron chi connectivity index (χ4n) is 0. The molecule has 0 radical (unpaired) electrons. The fourth-order valence-corrected chi connectivity index (χ4v) is 0. The van der Waals surface area contributed by atoms with E-state index in [2.05, 4.69) is 0 Å². The molecule has 3 nitrogen and oxygen atoms in total. The Balaban J connectivity index is 0. The van der Waals surface area contributed by atoms with Crippen molar-refractivity contribution in [3.8, 4) is 0 Å². The zero-order chi connectivity index (χ0) is 5.15. The van der Waals surface area contributed by atoms with Gasteiger partial charge in [-0.3, -0.25) is 0 Å². The number of carbonyl (C=O) groups is 1. The number of halogens is 1. The minimum atomic E-state index is -1.23. The lowest BCUT2D eigenvalue weighted by atomic mass is 10.4. The van der Waals surface area contributed by atoms with Crippen molar-refractivity contribution in [3.63, 3.8) is 0 Å². The molecule has 0 heterocycles. The number of rotatable bonds is 1. The summed E-state index contributed by atoms with van der Waals surface area (Å²) in [6.45, 7) is 1.20. The van der Waals surface area contributed by atoms with Crippen LogP contribution in [-0.2, 0) is 4.79 Å². The highest BCUT2D eigenvalue weighted by molar-refractivity contribution is 8.93. The lowest BCUT2D eigenvalue weighted by Gasteiger charge is -1.89. The molecule has 0 aromatic rings. The van der Waals surface area contributed by atoms with Crippen LogP contribution in [-0.4, -0.2) is 22.3 Å². The molecule has 0 aliphatic carbocycles. The zero-order valence-electron chi connectivity index (χ0n) is 3.79. The van der Waals surface area contributed by atoms with Crippen LogP contribution >= 0.6 is 17.0 Å². The highest BCUT2D eigenvalue weighted by Crippen LogP contribution is 1.73. The largest absolute Gasteiger partial charge is 0.479 e. The van der Waals surface area contributed by atoms with Crippen LogP contribution in [0.2, 0.25) is 0 Å². The molecule has 0 saturated heterocycles. The molecule has 0 amide bonds. The molecule has 2 N–H and O–H groups in total. The molecule has 44 valence electrons. The van der Waals surface area contributed by atoms with Gasteiger partial charge in [-0.05, 0) is 6.92 Å². The van der Waals surface area contributed by atoms with Gasteiger partial charge in [0.1, 0.15) is 6.10 Å². The Bertz CT molecular complexity index is 61.2. The van der Waals surface area contributed by atoms with Crippen molar-refractivity contribution < 1.29 is 15.0 Å². The predicted octanol–water partition coefficient (Wildman–Crippen LogP) is 0.0297. The van der Waals surface area contributed by atoms with Gasteiger partial charge in [-0.15, -0.1) is 17.0 Å². The Kier molecular flexibility index (Phi) is 5.83. The van der Waals surface area contributed by atoms with Crippen molar-refractivity contribution in [3.05, 3.63) is 0 Å². The van der Waals surface area contributed by atoms with Gasteiger partial charge in [0.2, 0.25) is 0 Å². The van der Waals surface area contributed by atoms with Gasteiger partial charge < -0.3 is 10.2 Å². The average Bonchev–Trinajstić information content (AvgIpc) is 1.36. The maximum Gasteiger partial charge on any atom is 0.332 e. The molecule has 4 heteroatoms. The average molecular weight is 171 g/mol. The van der Waals surface area contributed by atoms with Crippen molar-refractivity contribution in [1.82, 2.24) is 0 Å². The van der Waals surface area contributed by atoms with Crippen LogP contribution < -0.4 is 0 Å². The summed E-state index contributed by atoms with van der Waals surface area (Å²) in [5.74, 6) is -1.19. The van der Waals surface area contributed by atoms with Gasteiger partial charge in [0, 0.05) is 0 Å². The van der Waals surface area contributed by atoms with Gasteiger partial charge in [0.05, 0.1) is 0 Å². The van der Waals surface area contributed by atoms with Crippen molar-refractivity contribution in [1.29, 1.82) is 0 Å². The van der Waals surface area contributed by atoms with E-state index in [1.807, 2.05) is 0 Å². The van der Waals surface area contributed by atoms with Crippen LogP contribution in [0.4, 0.5) is 0 Å². The molecule has 0 bridgehead atoms. The van der Waals surface area contributed by atoms with Gasteiger partial charge in [0.15, 0.2) is 0 Å². The summed E-state index contributed by atoms with van der Waals surface area (Å²) < 4.78 is 0. The molecule has 0 aliphatic heterocycles. The van der Waals surface area contributed by atoms with Crippen molar-refractivity contribution in [2.75, 3.05) is 0 Å². The van der Waals surface area contributed by atoms with Gasteiger partial charge in [-0.25, -0.2) is 4.79 Å². The van der Waals surface area contributed by atoms with E-state index >= 15 is 0 Å². The van der Waals surface area contributed by atoms with E-state index in [9.17, 15) is 4.79 Å². The van der Waals surface area contributed by atoms with Crippen LogP contribution in [0.25, 0.3) is 0 Å². The van der Waals surface area contributed by atoms with Crippen molar-refractivity contribution in [2.45, 2.75) is 13.0 Å². The molecule has 0 rings (SSSR count). The fraction of sp³-hybridized carbons (Fsp3) is 0.667. The van der Waals surface area contributed by atoms with Gasteiger partial charge in [0.25, 0.3) is 0 Å². The summed E-state index contributed by atoms with van der Waals surface area (Å²) in [5, 5.41) is 15.8. The number of aliphatic hydroxyl groups is 1. The third-order valence-electron chi connectivity index (χ3n) is 0.357. The van der Waals surface area contributed by atoms with E-state index in [0.717, 1.165) is 0 Å². The highest BCUT2D eigenvalue weighted by atomic mass is 79.9. The summed E-state index contributed by atoms with van der Waals surface area (Å²) in [6.07, 6.45) is -1.23. The lowest BCUT2D eigenvalue weighted by Crippen LogP contribution is -2.13. The molecular formula is C3H7BrO3. The molecule has 0 spiro atoms. The first-order valence-electron chi connectivity index (χ1n) is 1.55. The summed E-state index contributed by atoms with van der Waals surface area (Å²) in [4.78, 5) is 9.45.